The van der Waals surface area contributed by atoms with Gasteiger partial charge >= 0.3 is 0 Å². The summed E-state index contributed by atoms with van der Waals surface area (Å²) in [5.74, 6) is -0.247. The third-order valence-corrected chi connectivity index (χ3v) is 7.18. The van der Waals surface area contributed by atoms with Gasteiger partial charge in [-0.2, -0.15) is 0 Å². The summed E-state index contributed by atoms with van der Waals surface area (Å²) in [5, 5.41) is 13.8. The SMILES string of the molecule is Nc1ccc(-c2cccs2)cc1NC(=O)c1cccc(-c2cn(-c3ccccc3-c3ccccc3)nn2)c1. The van der Waals surface area contributed by atoms with Gasteiger partial charge in [0.2, 0.25) is 0 Å². The van der Waals surface area contributed by atoms with Crippen LogP contribution in [-0.4, -0.2) is 20.9 Å². The summed E-state index contributed by atoms with van der Waals surface area (Å²) in [5.41, 5.74) is 13.3. The Balaban J connectivity index is 1.27. The van der Waals surface area contributed by atoms with Gasteiger partial charge in [0, 0.05) is 21.6 Å². The van der Waals surface area contributed by atoms with Gasteiger partial charge in [0.1, 0.15) is 5.69 Å². The van der Waals surface area contributed by atoms with Crippen molar-refractivity contribution in [2.75, 3.05) is 11.1 Å². The number of rotatable bonds is 6. The number of nitrogens with one attached hydrogen (secondary N) is 1. The summed E-state index contributed by atoms with van der Waals surface area (Å²) in [6.45, 7) is 0. The lowest BCUT2D eigenvalue weighted by molar-refractivity contribution is 0.102. The quantitative estimate of drug-likeness (QED) is 0.231. The molecule has 2 heterocycles. The van der Waals surface area contributed by atoms with Gasteiger partial charge in [-0.3, -0.25) is 4.79 Å². The van der Waals surface area contributed by atoms with Crippen molar-refractivity contribution < 1.29 is 4.79 Å². The first-order valence-corrected chi connectivity index (χ1v) is 13.0. The lowest BCUT2D eigenvalue weighted by Crippen LogP contribution is -2.13. The minimum atomic E-state index is -0.247. The van der Waals surface area contributed by atoms with Crippen molar-refractivity contribution in [3.8, 4) is 38.5 Å². The minimum absolute atomic E-state index is 0.247. The van der Waals surface area contributed by atoms with Crippen LogP contribution in [0.1, 0.15) is 10.4 Å². The highest BCUT2D eigenvalue weighted by molar-refractivity contribution is 7.13. The molecule has 0 atom stereocenters. The number of hydrogen-bond donors (Lipinski definition) is 2. The second-order valence-electron chi connectivity index (χ2n) is 8.75. The number of nitrogens with zero attached hydrogens (tertiary/aromatic N) is 3. The number of amides is 1. The summed E-state index contributed by atoms with van der Waals surface area (Å²) in [6, 6.07) is 35.3. The van der Waals surface area contributed by atoms with E-state index in [1.54, 1.807) is 22.1 Å². The molecule has 7 heteroatoms. The van der Waals surface area contributed by atoms with Crippen molar-refractivity contribution >= 4 is 28.6 Å². The zero-order valence-corrected chi connectivity index (χ0v) is 21.1. The van der Waals surface area contributed by atoms with Gasteiger partial charge in [-0.15, -0.1) is 16.4 Å². The molecule has 0 bridgehead atoms. The van der Waals surface area contributed by atoms with Crippen LogP contribution in [0.15, 0.2) is 121 Å². The maximum Gasteiger partial charge on any atom is 0.255 e. The number of anilines is 2. The molecular weight excluding hydrogens is 490 g/mol. The monoisotopic (exact) mass is 513 g/mol. The molecule has 6 rings (SSSR count). The fourth-order valence-electron chi connectivity index (χ4n) is 4.32. The molecule has 1 amide bonds. The molecule has 0 unspecified atom stereocenters. The Bertz CT molecular complexity index is 1720. The number of carbonyl (C=O) groups is 1. The third kappa shape index (κ3) is 4.70. The summed E-state index contributed by atoms with van der Waals surface area (Å²) in [6.07, 6.45) is 1.88. The van der Waals surface area contributed by atoms with Gasteiger partial charge < -0.3 is 11.1 Å². The van der Waals surface area contributed by atoms with Crippen LogP contribution in [0.3, 0.4) is 0 Å². The predicted molar refractivity (Wildman–Crippen MR) is 154 cm³/mol. The van der Waals surface area contributed by atoms with Gasteiger partial charge in [-0.25, -0.2) is 4.68 Å². The maximum absolute atomic E-state index is 13.2. The van der Waals surface area contributed by atoms with E-state index in [-0.39, 0.29) is 5.91 Å². The van der Waals surface area contributed by atoms with E-state index in [4.69, 9.17) is 5.73 Å². The molecule has 3 N–H and O–H groups in total. The van der Waals surface area contributed by atoms with E-state index in [9.17, 15) is 4.79 Å². The van der Waals surface area contributed by atoms with Crippen LogP contribution < -0.4 is 11.1 Å². The van der Waals surface area contributed by atoms with E-state index in [1.807, 2.05) is 96.5 Å². The van der Waals surface area contributed by atoms with E-state index < -0.39 is 0 Å². The van der Waals surface area contributed by atoms with Crippen LogP contribution in [0.5, 0.6) is 0 Å². The largest absolute Gasteiger partial charge is 0.397 e. The molecule has 0 saturated heterocycles. The van der Waals surface area contributed by atoms with E-state index in [0.29, 0.717) is 22.6 Å². The number of aromatic nitrogens is 3. The summed E-state index contributed by atoms with van der Waals surface area (Å²) in [4.78, 5) is 14.3. The average molecular weight is 514 g/mol. The molecule has 0 aliphatic carbocycles. The Morgan fingerprint density at radius 1 is 0.789 bits per heavy atom. The van der Waals surface area contributed by atoms with Gasteiger partial charge in [-0.1, -0.05) is 78.0 Å². The van der Waals surface area contributed by atoms with Gasteiger partial charge in [0.25, 0.3) is 5.91 Å². The van der Waals surface area contributed by atoms with E-state index in [2.05, 4.69) is 33.8 Å². The standard InChI is InChI=1S/C31H23N5OS/c32-26-16-15-23(30-14-7-17-38-30)19-27(26)33-31(37)24-11-6-10-22(18-24)28-20-36(35-34-28)29-13-5-4-12-25(29)21-8-2-1-3-9-21/h1-20H,32H2,(H,33,37). The lowest BCUT2D eigenvalue weighted by atomic mass is 10.0. The second-order valence-corrected chi connectivity index (χ2v) is 9.69. The highest BCUT2D eigenvalue weighted by Crippen LogP contribution is 2.31. The maximum atomic E-state index is 13.2. The zero-order chi connectivity index (χ0) is 25.9. The fraction of sp³-hybridized carbons (Fsp3) is 0. The van der Waals surface area contributed by atoms with Gasteiger partial charge in [0.15, 0.2) is 0 Å². The predicted octanol–water partition coefficient (Wildman–Crippen LogP) is 7.16. The second kappa shape index (κ2) is 10.2. The first kappa shape index (κ1) is 23.4. The highest BCUT2D eigenvalue weighted by atomic mass is 32.1. The molecule has 4 aromatic carbocycles. The fourth-order valence-corrected chi connectivity index (χ4v) is 5.05. The number of hydrogen-bond acceptors (Lipinski definition) is 5. The van der Waals surface area contributed by atoms with Crippen LogP contribution in [-0.2, 0) is 0 Å². The van der Waals surface area contributed by atoms with Gasteiger partial charge in [0.05, 0.1) is 23.3 Å². The Morgan fingerprint density at radius 3 is 2.45 bits per heavy atom. The van der Waals surface area contributed by atoms with E-state index in [1.165, 1.54) is 0 Å². The van der Waals surface area contributed by atoms with Crippen molar-refractivity contribution in [3.05, 3.63) is 126 Å². The van der Waals surface area contributed by atoms with Crippen molar-refractivity contribution in [1.82, 2.24) is 15.0 Å². The number of nitrogen functional groups attached to an aromatic ring is 1. The highest BCUT2D eigenvalue weighted by Gasteiger charge is 2.14. The molecule has 0 fully saturated rings. The normalized spacial score (nSPS) is 10.8. The minimum Gasteiger partial charge on any atom is -0.397 e. The molecule has 0 aliphatic heterocycles. The molecule has 0 radical (unpaired) electrons. The van der Waals surface area contributed by atoms with Crippen molar-refractivity contribution in [2.24, 2.45) is 0 Å². The van der Waals surface area contributed by atoms with E-state index >= 15 is 0 Å². The number of carbonyl (C=O) groups excluding carboxylic acids is 1. The lowest BCUT2D eigenvalue weighted by Gasteiger charge is -2.10. The molecule has 2 aromatic heterocycles. The Morgan fingerprint density at radius 2 is 1.61 bits per heavy atom. The molecule has 38 heavy (non-hydrogen) atoms. The number of thiophene rings is 1. The molecule has 0 aliphatic rings. The summed E-state index contributed by atoms with van der Waals surface area (Å²) in [7, 11) is 0. The van der Waals surface area contributed by atoms with Crippen LogP contribution in [0.2, 0.25) is 0 Å². The summed E-state index contributed by atoms with van der Waals surface area (Å²) >= 11 is 1.64. The van der Waals surface area contributed by atoms with Gasteiger partial charge in [-0.05, 0) is 52.9 Å². The third-order valence-electron chi connectivity index (χ3n) is 6.26. The summed E-state index contributed by atoms with van der Waals surface area (Å²) < 4.78 is 1.77. The average Bonchev–Trinajstić information content (AvgIpc) is 3.68. The smallest absolute Gasteiger partial charge is 0.255 e. The molecule has 0 saturated carbocycles. The molecule has 184 valence electrons. The van der Waals surface area contributed by atoms with Crippen molar-refractivity contribution in [3.63, 3.8) is 0 Å². The van der Waals surface area contributed by atoms with E-state index in [0.717, 1.165) is 32.8 Å². The zero-order valence-electron chi connectivity index (χ0n) is 20.3. The van der Waals surface area contributed by atoms with Crippen molar-refractivity contribution in [1.29, 1.82) is 0 Å². The molecule has 0 spiro atoms. The van der Waals surface area contributed by atoms with Crippen LogP contribution in [0.4, 0.5) is 11.4 Å². The van der Waals surface area contributed by atoms with Crippen molar-refractivity contribution in [2.45, 2.75) is 0 Å². The molecule has 6 nitrogen and oxygen atoms in total. The number of para-hydroxylation sites is 1. The Labute approximate surface area is 224 Å². The first-order chi connectivity index (χ1) is 18.7. The van der Waals surface area contributed by atoms with Crippen LogP contribution >= 0.6 is 11.3 Å². The number of nitrogens with two attached hydrogens (primary N) is 1. The van der Waals surface area contributed by atoms with Crippen LogP contribution in [0, 0.1) is 0 Å². The molecule has 6 aromatic rings. The first-order valence-electron chi connectivity index (χ1n) is 12.1. The Kier molecular flexibility index (Phi) is 6.25. The van der Waals surface area contributed by atoms with Crippen LogP contribution in [0.25, 0.3) is 38.5 Å². The topological polar surface area (TPSA) is 85.8 Å². The molecular formula is C31H23N5OS. The Hall–Kier alpha value is -5.01. The number of benzene rings is 4.